The number of anilines is 1. The number of hydrogen-bond acceptors (Lipinski definition) is 7. The lowest BCUT2D eigenvalue weighted by Gasteiger charge is -2.17. The van der Waals surface area contributed by atoms with Crippen LogP contribution >= 0.6 is 23.1 Å². The summed E-state index contributed by atoms with van der Waals surface area (Å²) in [5.41, 5.74) is 6.78. The van der Waals surface area contributed by atoms with E-state index in [-0.39, 0.29) is 10.9 Å². The summed E-state index contributed by atoms with van der Waals surface area (Å²) in [6.07, 6.45) is -2.11. The van der Waals surface area contributed by atoms with Crippen LogP contribution in [0.25, 0.3) is 10.2 Å². The predicted molar refractivity (Wildman–Crippen MR) is 78.1 cm³/mol. The minimum atomic E-state index is -1.09. The molecule has 7 heteroatoms. The van der Waals surface area contributed by atoms with Gasteiger partial charge in [0.1, 0.15) is 6.10 Å². The molecule has 2 rings (SSSR count). The van der Waals surface area contributed by atoms with Gasteiger partial charge in [0.15, 0.2) is 10.2 Å². The molecule has 2 atom stereocenters. The van der Waals surface area contributed by atoms with Crippen LogP contribution in [0.4, 0.5) is 5.13 Å². The van der Waals surface area contributed by atoms with Crippen LogP contribution in [0.5, 0.6) is 0 Å². The van der Waals surface area contributed by atoms with Gasteiger partial charge in [0.2, 0.25) is 0 Å². The number of carbonyl (C=O) groups excluding carboxylic acids is 1. The van der Waals surface area contributed by atoms with E-state index >= 15 is 0 Å². The van der Waals surface area contributed by atoms with Crippen molar-refractivity contribution < 1.29 is 15.0 Å². The predicted octanol–water partition coefficient (Wildman–Crippen LogP) is 1.55. The third-order valence-electron chi connectivity index (χ3n) is 2.61. The molecule has 0 aliphatic carbocycles. The van der Waals surface area contributed by atoms with Gasteiger partial charge >= 0.3 is 0 Å². The van der Waals surface area contributed by atoms with Crippen molar-refractivity contribution in [1.82, 2.24) is 4.98 Å². The average molecular weight is 298 g/mol. The molecule has 1 heterocycles. The number of aliphatic hydroxyl groups excluding tert-OH is 2. The number of nitrogens with zero attached hydrogens (tertiary/aromatic N) is 1. The summed E-state index contributed by atoms with van der Waals surface area (Å²) in [4.78, 5) is 15.0. The van der Waals surface area contributed by atoms with Crippen molar-refractivity contribution in [3.8, 4) is 0 Å². The first-order valence-corrected chi connectivity index (χ1v) is 7.43. The number of thioether (sulfide) groups is 1. The van der Waals surface area contributed by atoms with Crippen LogP contribution < -0.4 is 5.73 Å². The number of aliphatic hydroxyl groups is 2. The number of nitrogen functional groups attached to an aromatic ring is 1. The SMILES string of the molecule is CC(=O)SCC(O)C(O)c1cccc2sc(N)nc12. The third-order valence-corrected chi connectivity index (χ3v) is 4.37. The quantitative estimate of drug-likeness (QED) is 0.792. The zero-order valence-electron chi connectivity index (χ0n) is 10.2. The minimum Gasteiger partial charge on any atom is -0.389 e. The maximum Gasteiger partial charge on any atom is 0.185 e. The number of hydrogen-bond donors (Lipinski definition) is 3. The fourth-order valence-corrected chi connectivity index (χ4v) is 3.08. The number of carbonyl (C=O) groups is 1. The Kier molecular flexibility index (Phi) is 4.41. The number of thiazole rings is 1. The Bertz CT molecular complexity index is 600. The minimum absolute atomic E-state index is 0.0950. The van der Waals surface area contributed by atoms with Gasteiger partial charge in [0, 0.05) is 18.2 Å². The van der Waals surface area contributed by atoms with Gasteiger partial charge in [0.25, 0.3) is 0 Å². The van der Waals surface area contributed by atoms with E-state index in [4.69, 9.17) is 5.73 Å². The summed E-state index contributed by atoms with van der Waals surface area (Å²) in [7, 11) is 0. The first-order valence-electron chi connectivity index (χ1n) is 5.63. The molecule has 0 radical (unpaired) electrons. The molecule has 0 aliphatic rings. The van der Waals surface area contributed by atoms with Gasteiger partial charge in [-0.3, -0.25) is 4.79 Å². The van der Waals surface area contributed by atoms with E-state index in [0.717, 1.165) is 16.5 Å². The van der Waals surface area contributed by atoms with Gasteiger partial charge in [-0.1, -0.05) is 35.2 Å². The molecular formula is C12H14N2O3S2. The van der Waals surface area contributed by atoms with Crippen molar-refractivity contribution in [2.24, 2.45) is 0 Å². The zero-order valence-corrected chi connectivity index (χ0v) is 11.9. The molecule has 2 unspecified atom stereocenters. The number of para-hydroxylation sites is 1. The first kappa shape index (κ1) is 14.3. The van der Waals surface area contributed by atoms with Gasteiger partial charge in [-0.15, -0.1) is 0 Å². The summed E-state index contributed by atoms with van der Waals surface area (Å²) in [5.74, 6) is 0.145. The normalized spacial score (nSPS) is 14.5. The number of nitrogens with two attached hydrogens (primary N) is 1. The molecule has 0 spiro atoms. The molecule has 0 saturated heterocycles. The summed E-state index contributed by atoms with van der Waals surface area (Å²) < 4.78 is 0.862. The lowest BCUT2D eigenvalue weighted by atomic mass is 10.0. The fourth-order valence-electron chi connectivity index (χ4n) is 1.73. The maximum absolute atomic E-state index is 10.9. The Morgan fingerprint density at radius 1 is 1.53 bits per heavy atom. The van der Waals surface area contributed by atoms with Gasteiger partial charge in [-0.2, -0.15) is 0 Å². The van der Waals surface area contributed by atoms with E-state index in [1.807, 2.05) is 6.07 Å². The molecule has 102 valence electrons. The maximum atomic E-state index is 10.9. The Hall–Kier alpha value is -1.15. The van der Waals surface area contributed by atoms with Crippen LogP contribution in [-0.2, 0) is 4.79 Å². The van der Waals surface area contributed by atoms with Gasteiger partial charge < -0.3 is 15.9 Å². The Balaban J connectivity index is 2.25. The standard InChI is InChI=1S/C12H14N2O3S2/c1-6(15)18-5-8(16)11(17)7-3-2-4-9-10(7)14-12(13)19-9/h2-4,8,11,16-17H,5H2,1H3,(H2,13,14). The molecule has 0 bridgehead atoms. The highest BCUT2D eigenvalue weighted by atomic mass is 32.2. The van der Waals surface area contributed by atoms with Crippen molar-refractivity contribution >= 4 is 43.6 Å². The van der Waals surface area contributed by atoms with Crippen LogP contribution in [0.15, 0.2) is 18.2 Å². The molecular weight excluding hydrogens is 284 g/mol. The number of benzene rings is 1. The number of fused-ring (bicyclic) bond motifs is 1. The Labute approximate surface area is 118 Å². The van der Waals surface area contributed by atoms with Crippen molar-refractivity contribution in [3.63, 3.8) is 0 Å². The van der Waals surface area contributed by atoms with E-state index < -0.39 is 12.2 Å². The van der Waals surface area contributed by atoms with Crippen molar-refractivity contribution in [3.05, 3.63) is 23.8 Å². The molecule has 0 aliphatic heterocycles. The summed E-state index contributed by atoms with van der Waals surface area (Å²) in [6, 6.07) is 5.34. The highest BCUT2D eigenvalue weighted by molar-refractivity contribution is 8.13. The monoisotopic (exact) mass is 298 g/mol. The number of aromatic nitrogens is 1. The summed E-state index contributed by atoms with van der Waals surface area (Å²) in [5, 5.41) is 20.4. The molecule has 19 heavy (non-hydrogen) atoms. The van der Waals surface area contributed by atoms with Gasteiger partial charge in [-0.05, 0) is 6.07 Å². The molecule has 1 aromatic heterocycles. The average Bonchev–Trinajstić information content (AvgIpc) is 2.74. The van der Waals surface area contributed by atoms with Crippen molar-refractivity contribution in [2.75, 3.05) is 11.5 Å². The van der Waals surface area contributed by atoms with E-state index in [1.54, 1.807) is 12.1 Å². The topological polar surface area (TPSA) is 96.4 Å². The van der Waals surface area contributed by atoms with Gasteiger partial charge in [0.05, 0.1) is 16.3 Å². The lowest BCUT2D eigenvalue weighted by Crippen LogP contribution is -2.21. The molecule has 2 aromatic rings. The van der Waals surface area contributed by atoms with Gasteiger partial charge in [-0.25, -0.2) is 4.98 Å². The third kappa shape index (κ3) is 3.24. The van der Waals surface area contributed by atoms with E-state index in [9.17, 15) is 15.0 Å². The number of rotatable bonds is 4. The van der Waals surface area contributed by atoms with Crippen molar-refractivity contribution in [1.29, 1.82) is 0 Å². The van der Waals surface area contributed by atoms with Crippen LogP contribution in [0.1, 0.15) is 18.6 Å². The van der Waals surface area contributed by atoms with E-state index in [1.165, 1.54) is 18.3 Å². The molecule has 0 fully saturated rings. The second-order valence-electron chi connectivity index (χ2n) is 4.06. The molecule has 4 N–H and O–H groups in total. The summed E-state index contributed by atoms with van der Waals surface area (Å²) in [6.45, 7) is 1.42. The first-order chi connectivity index (χ1) is 8.99. The second-order valence-corrected chi connectivity index (χ2v) is 6.32. The van der Waals surface area contributed by atoms with Crippen LogP contribution in [0, 0.1) is 0 Å². The molecule has 5 nitrogen and oxygen atoms in total. The van der Waals surface area contributed by atoms with E-state index in [2.05, 4.69) is 4.98 Å². The smallest absolute Gasteiger partial charge is 0.185 e. The molecule has 0 amide bonds. The largest absolute Gasteiger partial charge is 0.389 e. The molecule has 0 saturated carbocycles. The zero-order chi connectivity index (χ0) is 14.0. The fraction of sp³-hybridized carbons (Fsp3) is 0.333. The Morgan fingerprint density at radius 2 is 2.26 bits per heavy atom. The summed E-state index contributed by atoms with van der Waals surface area (Å²) >= 11 is 2.31. The Morgan fingerprint density at radius 3 is 2.95 bits per heavy atom. The van der Waals surface area contributed by atoms with Crippen molar-refractivity contribution in [2.45, 2.75) is 19.1 Å². The van der Waals surface area contributed by atoms with E-state index in [0.29, 0.717) is 16.2 Å². The lowest BCUT2D eigenvalue weighted by molar-refractivity contribution is -0.109. The highest BCUT2D eigenvalue weighted by Gasteiger charge is 2.22. The van der Waals surface area contributed by atoms with Crippen LogP contribution in [0.3, 0.4) is 0 Å². The second kappa shape index (κ2) is 5.87. The van der Waals surface area contributed by atoms with Crippen LogP contribution in [-0.4, -0.2) is 32.2 Å². The highest BCUT2D eigenvalue weighted by Crippen LogP contribution is 2.31. The van der Waals surface area contributed by atoms with Crippen LogP contribution in [0.2, 0.25) is 0 Å². The molecule has 1 aromatic carbocycles.